The maximum absolute atomic E-state index is 11.7. The summed E-state index contributed by atoms with van der Waals surface area (Å²) in [6.45, 7) is 4.38. The maximum atomic E-state index is 11.7. The lowest BCUT2D eigenvalue weighted by molar-refractivity contribution is -0.148. The van der Waals surface area contributed by atoms with Crippen LogP contribution in [0.1, 0.15) is 78.1 Å². The average Bonchev–Trinajstić information content (AvgIpc) is 2.39. The van der Waals surface area contributed by atoms with E-state index in [1.54, 1.807) is 6.92 Å². The van der Waals surface area contributed by atoms with Crippen LogP contribution in [0.5, 0.6) is 0 Å². The fraction of sp³-hybridized carbons (Fsp3) is 0.882. The van der Waals surface area contributed by atoms with Gasteiger partial charge in [-0.1, -0.05) is 51.9 Å². The maximum Gasteiger partial charge on any atom is 0.328 e. The van der Waals surface area contributed by atoms with Crippen LogP contribution >= 0.6 is 0 Å². The van der Waals surface area contributed by atoms with Gasteiger partial charge in [0, 0.05) is 5.92 Å². The Bertz CT molecular complexity index is 313. The van der Waals surface area contributed by atoms with E-state index in [1.165, 1.54) is 32.1 Å². The van der Waals surface area contributed by atoms with Gasteiger partial charge in [-0.15, -0.1) is 0 Å². The molecule has 122 valence electrons. The Balaban J connectivity index is 1.98. The molecule has 1 amide bonds. The van der Waals surface area contributed by atoms with Crippen LogP contribution in [-0.2, 0) is 14.3 Å². The topological polar surface area (TPSA) is 55.4 Å². The highest BCUT2D eigenvalue weighted by molar-refractivity contribution is 5.85. The van der Waals surface area contributed by atoms with Crippen molar-refractivity contribution < 1.29 is 14.3 Å². The average molecular weight is 297 g/mol. The normalized spacial score (nSPS) is 16.1. The van der Waals surface area contributed by atoms with Crippen molar-refractivity contribution in [1.82, 2.24) is 5.32 Å². The van der Waals surface area contributed by atoms with Crippen LogP contribution in [0.2, 0.25) is 0 Å². The summed E-state index contributed by atoms with van der Waals surface area (Å²) < 4.78 is 5.21. The molecule has 1 fully saturated rings. The van der Waals surface area contributed by atoms with E-state index in [4.69, 9.17) is 4.74 Å². The zero-order valence-corrected chi connectivity index (χ0v) is 13.7. The summed E-state index contributed by atoms with van der Waals surface area (Å²) >= 11 is 0. The van der Waals surface area contributed by atoms with E-state index < -0.39 is 6.04 Å². The number of rotatable bonds is 11. The second-order valence-corrected chi connectivity index (χ2v) is 6.15. The summed E-state index contributed by atoms with van der Waals surface area (Å²) in [6.07, 6.45) is 11.4. The van der Waals surface area contributed by atoms with Crippen LogP contribution in [-0.4, -0.2) is 24.5 Å². The van der Waals surface area contributed by atoms with E-state index >= 15 is 0 Å². The second-order valence-electron chi connectivity index (χ2n) is 6.15. The molecule has 1 atom stereocenters. The van der Waals surface area contributed by atoms with E-state index in [1.807, 2.05) is 0 Å². The third-order valence-electron chi connectivity index (χ3n) is 4.18. The van der Waals surface area contributed by atoms with Crippen LogP contribution in [0.15, 0.2) is 0 Å². The first-order valence-corrected chi connectivity index (χ1v) is 8.62. The molecule has 1 rings (SSSR count). The van der Waals surface area contributed by atoms with Gasteiger partial charge in [0.25, 0.3) is 0 Å². The summed E-state index contributed by atoms with van der Waals surface area (Å²) in [4.78, 5) is 23.5. The fourth-order valence-electron chi connectivity index (χ4n) is 2.42. The molecule has 1 unspecified atom stereocenters. The van der Waals surface area contributed by atoms with Gasteiger partial charge in [0.1, 0.15) is 6.04 Å². The predicted molar refractivity (Wildman–Crippen MR) is 83.9 cm³/mol. The van der Waals surface area contributed by atoms with Crippen molar-refractivity contribution in [3.63, 3.8) is 0 Å². The zero-order chi connectivity index (χ0) is 15.5. The van der Waals surface area contributed by atoms with E-state index in [2.05, 4.69) is 12.2 Å². The number of hydrogen-bond acceptors (Lipinski definition) is 3. The summed E-state index contributed by atoms with van der Waals surface area (Å²) in [7, 11) is 0. The minimum Gasteiger partial charge on any atom is -0.464 e. The number of carbonyl (C=O) groups excluding carboxylic acids is 2. The lowest BCUT2D eigenvalue weighted by Crippen LogP contribution is -2.44. The Hall–Kier alpha value is -1.06. The molecule has 0 heterocycles. The van der Waals surface area contributed by atoms with E-state index in [0.29, 0.717) is 6.61 Å². The number of ether oxygens (including phenoxy) is 1. The molecule has 21 heavy (non-hydrogen) atoms. The van der Waals surface area contributed by atoms with E-state index in [0.717, 1.165) is 32.1 Å². The van der Waals surface area contributed by atoms with Crippen LogP contribution in [0.4, 0.5) is 0 Å². The molecule has 0 radical (unpaired) electrons. The van der Waals surface area contributed by atoms with Gasteiger partial charge in [-0.3, -0.25) is 4.79 Å². The number of amides is 1. The molecule has 0 aromatic rings. The van der Waals surface area contributed by atoms with Gasteiger partial charge < -0.3 is 10.1 Å². The van der Waals surface area contributed by atoms with Gasteiger partial charge in [-0.25, -0.2) is 4.79 Å². The summed E-state index contributed by atoms with van der Waals surface area (Å²) in [6, 6.07) is -0.525. The zero-order valence-electron chi connectivity index (χ0n) is 13.7. The van der Waals surface area contributed by atoms with Crippen molar-refractivity contribution in [2.75, 3.05) is 6.61 Å². The molecule has 0 bridgehead atoms. The summed E-state index contributed by atoms with van der Waals surface area (Å²) in [5.41, 5.74) is 0. The van der Waals surface area contributed by atoms with Crippen molar-refractivity contribution in [2.24, 2.45) is 5.92 Å². The molecule has 1 aliphatic rings. The molecule has 0 saturated heterocycles. The SMILES string of the molecule is CCCCCCCCCOC(=O)C(C)NC(=O)C1CCC1. The van der Waals surface area contributed by atoms with Gasteiger partial charge in [0.05, 0.1) is 6.61 Å². The van der Waals surface area contributed by atoms with Crippen molar-refractivity contribution in [2.45, 2.75) is 84.1 Å². The van der Waals surface area contributed by atoms with Crippen LogP contribution in [0, 0.1) is 5.92 Å². The third-order valence-corrected chi connectivity index (χ3v) is 4.18. The number of hydrogen-bond donors (Lipinski definition) is 1. The third kappa shape index (κ3) is 7.49. The smallest absolute Gasteiger partial charge is 0.328 e. The number of esters is 1. The molecule has 0 aromatic carbocycles. The Labute approximate surface area is 129 Å². The standard InChI is InChI=1S/C17H31NO3/c1-3-4-5-6-7-8-9-13-21-17(20)14(2)18-16(19)15-11-10-12-15/h14-15H,3-13H2,1-2H3,(H,18,19). The molecule has 0 aliphatic heterocycles. The summed E-state index contributed by atoms with van der Waals surface area (Å²) in [5, 5.41) is 2.74. The highest BCUT2D eigenvalue weighted by Gasteiger charge is 2.27. The number of unbranched alkanes of at least 4 members (excludes halogenated alkanes) is 6. The summed E-state index contributed by atoms with van der Waals surface area (Å²) in [5.74, 6) is -0.196. The first kappa shape index (κ1) is 18.0. The lowest BCUT2D eigenvalue weighted by atomic mass is 9.84. The Morgan fingerprint density at radius 2 is 1.71 bits per heavy atom. The van der Waals surface area contributed by atoms with Gasteiger partial charge >= 0.3 is 5.97 Å². The monoisotopic (exact) mass is 297 g/mol. The molecule has 1 saturated carbocycles. The first-order valence-electron chi connectivity index (χ1n) is 8.62. The minimum atomic E-state index is -0.525. The predicted octanol–water partition coefficient (Wildman–Crippen LogP) is 3.59. The van der Waals surface area contributed by atoms with Gasteiger partial charge in [-0.2, -0.15) is 0 Å². The van der Waals surface area contributed by atoms with Crippen molar-refractivity contribution in [3.05, 3.63) is 0 Å². The van der Waals surface area contributed by atoms with Crippen molar-refractivity contribution >= 4 is 11.9 Å². The number of nitrogens with one attached hydrogen (secondary N) is 1. The second kappa shape index (κ2) is 10.6. The largest absolute Gasteiger partial charge is 0.464 e. The van der Waals surface area contributed by atoms with E-state index in [-0.39, 0.29) is 17.8 Å². The van der Waals surface area contributed by atoms with Gasteiger partial charge in [0.15, 0.2) is 0 Å². The van der Waals surface area contributed by atoms with Crippen LogP contribution in [0.3, 0.4) is 0 Å². The molecular formula is C17H31NO3. The van der Waals surface area contributed by atoms with Crippen LogP contribution < -0.4 is 5.32 Å². The minimum absolute atomic E-state index is 0.00150. The van der Waals surface area contributed by atoms with Gasteiger partial charge in [0.2, 0.25) is 5.91 Å². The van der Waals surface area contributed by atoms with Crippen molar-refractivity contribution in [1.29, 1.82) is 0 Å². The van der Waals surface area contributed by atoms with Gasteiger partial charge in [-0.05, 0) is 26.2 Å². The Morgan fingerprint density at radius 1 is 1.10 bits per heavy atom. The molecule has 0 aromatic heterocycles. The molecule has 1 aliphatic carbocycles. The molecule has 4 nitrogen and oxygen atoms in total. The first-order chi connectivity index (χ1) is 10.1. The molecular weight excluding hydrogens is 266 g/mol. The lowest BCUT2D eigenvalue weighted by Gasteiger charge is -2.25. The highest BCUT2D eigenvalue weighted by Crippen LogP contribution is 2.26. The highest BCUT2D eigenvalue weighted by atomic mass is 16.5. The molecule has 4 heteroatoms. The fourth-order valence-corrected chi connectivity index (χ4v) is 2.42. The Morgan fingerprint density at radius 3 is 2.29 bits per heavy atom. The molecule has 1 N–H and O–H groups in total. The molecule has 0 spiro atoms. The number of carbonyl (C=O) groups is 2. The quantitative estimate of drug-likeness (QED) is 0.468. The Kier molecular flexibility index (Phi) is 9.11. The van der Waals surface area contributed by atoms with Crippen molar-refractivity contribution in [3.8, 4) is 0 Å². The van der Waals surface area contributed by atoms with E-state index in [9.17, 15) is 9.59 Å². The van der Waals surface area contributed by atoms with Crippen LogP contribution in [0.25, 0.3) is 0 Å².